The van der Waals surface area contributed by atoms with Crippen LogP contribution in [0.25, 0.3) is 0 Å². The molecule has 2 atom stereocenters. The molecule has 44 heavy (non-hydrogen) atoms. The fourth-order valence-electron chi connectivity index (χ4n) is 7.66. The summed E-state index contributed by atoms with van der Waals surface area (Å²) in [6.45, 7) is 1.50. The zero-order valence-electron chi connectivity index (χ0n) is 25.0. The minimum Gasteiger partial charge on any atom is -0.359 e. The minimum atomic E-state index is -0.230. The zero-order valence-corrected chi connectivity index (χ0v) is 25.0. The maximum absolute atomic E-state index is 13.8. The Morgan fingerprint density at radius 1 is 0.659 bits per heavy atom. The first-order valence-electron chi connectivity index (χ1n) is 15.8. The van der Waals surface area contributed by atoms with Crippen LogP contribution in [0.15, 0.2) is 157 Å². The van der Waals surface area contributed by atoms with Crippen LogP contribution in [0.3, 0.4) is 0 Å². The summed E-state index contributed by atoms with van der Waals surface area (Å²) >= 11 is 0. The van der Waals surface area contributed by atoms with Crippen LogP contribution >= 0.6 is 0 Å². The van der Waals surface area contributed by atoms with E-state index < -0.39 is 0 Å². The molecule has 0 amide bonds. The molecule has 1 heterocycles. The molecule has 0 aromatic heterocycles. The van der Waals surface area contributed by atoms with Crippen molar-refractivity contribution in [3.63, 3.8) is 0 Å². The molecule has 0 spiro atoms. The molecule has 2 fully saturated rings. The number of rotatable bonds is 7. The molecule has 1 saturated heterocycles. The number of benzene rings is 5. The molecular weight excluding hydrogens is 536 g/mol. The molecule has 0 radical (unpaired) electrons. The van der Waals surface area contributed by atoms with Gasteiger partial charge in [-0.1, -0.05) is 152 Å². The Hall–Kier alpha value is -4.76. The van der Waals surface area contributed by atoms with Crippen LogP contribution in [-0.4, -0.2) is 29.6 Å². The molecule has 0 N–H and O–H groups in total. The van der Waals surface area contributed by atoms with E-state index in [1.54, 1.807) is 0 Å². The third kappa shape index (κ3) is 5.39. The molecule has 3 nitrogen and oxygen atoms in total. The zero-order chi connectivity index (χ0) is 29.8. The van der Waals surface area contributed by atoms with E-state index in [1.165, 1.54) is 27.8 Å². The lowest BCUT2D eigenvalue weighted by Gasteiger charge is -2.45. The van der Waals surface area contributed by atoms with Crippen molar-refractivity contribution in [2.75, 3.05) is 13.1 Å². The lowest BCUT2D eigenvalue weighted by molar-refractivity contribution is -0.126. The summed E-state index contributed by atoms with van der Waals surface area (Å²) in [5.74, 6) is 1.55. The Kier molecular flexibility index (Phi) is 7.94. The summed E-state index contributed by atoms with van der Waals surface area (Å²) in [6.07, 6.45) is 2.14. The average Bonchev–Trinajstić information content (AvgIpc) is 3.56. The number of likely N-dealkylation sites (tertiary alicyclic amines) is 1. The van der Waals surface area contributed by atoms with Crippen molar-refractivity contribution >= 4 is 11.6 Å². The van der Waals surface area contributed by atoms with E-state index in [0.29, 0.717) is 25.2 Å². The van der Waals surface area contributed by atoms with Crippen molar-refractivity contribution < 1.29 is 4.79 Å². The minimum absolute atomic E-state index is 0.0444. The Labute approximate surface area is 260 Å². The summed E-state index contributed by atoms with van der Waals surface area (Å²) in [5, 5.41) is 0. The molecule has 5 aromatic rings. The highest BCUT2D eigenvalue weighted by Crippen LogP contribution is 2.52. The van der Waals surface area contributed by atoms with Crippen LogP contribution < -0.4 is 0 Å². The standard InChI is InChI=1S/C41H38N2O/c44-38-26-27-41(34-22-12-4-13-23-34,35-24-14-5-15-25-35)37-30-43(29-36(37)38)39(28-31-16-6-1-7-17-31)42-40(32-18-8-2-9-19-32)33-20-10-3-11-21-33/h1-25,36-37,40H,26-30H2. The largest absolute Gasteiger partial charge is 0.359 e. The Morgan fingerprint density at radius 2 is 1.14 bits per heavy atom. The smallest absolute Gasteiger partial charge is 0.138 e. The predicted molar refractivity (Wildman–Crippen MR) is 179 cm³/mol. The molecule has 218 valence electrons. The van der Waals surface area contributed by atoms with Crippen LogP contribution in [0, 0.1) is 11.8 Å². The van der Waals surface area contributed by atoms with E-state index in [1.807, 2.05) is 0 Å². The highest BCUT2D eigenvalue weighted by atomic mass is 16.1. The van der Waals surface area contributed by atoms with E-state index in [4.69, 9.17) is 4.99 Å². The highest BCUT2D eigenvalue weighted by Gasteiger charge is 2.55. The molecule has 2 unspecified atom stereocenters. The third-order valence-corrected chi connectivity index (χ3v) is 9.79. The Bertz CT molecular complexity index is 1620. The summed E-state index contributed by atoms with van der Waals surface area (Å²) in [4.78, 5) is 21.8. The fourth-order valence-corrected chi connectivity index (χ4v) is 7.66. The highest BCUT2D eigenvalue weighted by molar-refractivity contribution is 5.89. The first-order chi connectivity index (χ1) is 21.7. The van der Waals surface area contributed by atoms with Gasteiger partial charge in [0.05, 0.1) is 0 Å². The number of hydrogen-bond donors (Lipinski definition) is 0. The Balaban J connectivity index is 1.34. The van der Waals surface area contributed by atoms with Crippen molar-refractivity contribution in [2.45, 2.75) is 30.7 Å². The topological polar surface area (TPSA) is 32.7 Å². The molecule has 7 rings (SSSR count). The second-order valence-electron chi connectivity index (χ2n) is 12.2. The van der Waals surface area contributed by atoms with Crippen molar-refractivity contribution in [1.82, 2.24) is 4.90 Å². The van der Waals surface area contributed by atoms with Gasteiger partial charge in [-0.05, 0) is 34.2 Å². The van der Waals surface area contributed by atoms with Crippen LogP contribution in [0.4, 0.5) is 0 Å². The first kappa shape index (κ1) is 28.0. The lowest BCUT2D eigenvalue weighted by atomic mass is 9.56. The monoisotopic (exact) mass is 574 g/mol. The number of ketones is 1. The van der Waals surface area contributed by atoms with Gasteiger partial charge in [-0.15, -0.1) is 0 Å². The second-order valence-corrected chi connectivity index (χ2v) is 12.2. The predicted octanol–water partition coefficient (Wildman–Crippen LogP) is 8.31. The van der Waals surface area contributed by atoms with Gasteiger partial charge in [-0.3, -0.25) is 9.79 Å². The Morgan fingerprint density at radius 3 is 1.66 bits per heavy atom. The average molecular weight is 575 g/mol. The molecule has 2 aliphatic rings. The number of nitrogens with zero attached hydrogens (tertiary/aromatic N) is 2. The summed E-state index contributed by atoms with van der Waals surface area (Å²) < 4.78 is 0. The molecule has 5 aromatic carbocycles. The maximum Gasteiger partial charge on any atom is 0.138 e. The van der Waals surface area contributed by atoms with Gasteiger partial charge in [-0.2, -0.15) is 0 Å². The van der Waals surface area contributed by atoms with Gasteiger partial charge in [0.1, 0.15) is 17.7 Å². The van der Waals surface area contributed by atoms with Gasteiger partial charge >= 0.3 is 0 Å². The SMILES string of the molecule is O=C1CCC(c2ccccc2)(c2ccccc2)C2CN(C(Cc3ccccc3)=NC(c3ccccc3)c3ccccc3)CC12. The number of fused-ring (bicyclic) bond motifs is 1. The number of carbonyl (C=O) groups excluding carboxylic acids is 1. The number of hydrogen-bond acceptors (Lipinski definition) is 2. The van der Waals surface area contributed by atoms with Crippen molar-refractivity contribution in [3.05, 3.63) is 179 Å². The van der Waals surface area contributed by atoms with Crippen molar-refractivity contribution in [2.24, 2.45) is 16.8 Å². The van der Waals surface area contributed by atoms with E-state index >= 15 is 0 Å². The first-order valence-corrected chi connectivity index (χ1v) is 15.8. The number of aliphatic imine (C=N–C) groups is 1. The number of Topliss-reactive ketones (excluding diaryl/α,β-unsaturated/α-hetero) is 1. The summed E-state index contributed by atoms with van der Waals surface area (Å²) in [5.41, 5.74) is 5.95. The van der Waals surface area contributed by atoms with Crippen molar-refractivity contribution in [1.29, 1.82) is 0 Å². The van der Waals surface area contributed by atoms with Crippen LogP contribution in [0.5, 0.6) is 0 Å². The number of amidine groups is 1. The molecule has 3 heteroatoms. The quantitative estimate of drug-likeness (QED) is 0.145. The molecular formula is C41H38N2O. The van der Waals surface area contributed by atoms with E-state index in [-0.39, 0.29) is 23.3 Å². The van der Waals surface area contributed by atoms with Crippen LogP contribution in [-0.2, 0) is 16.6 Å². The van der Waals surface area contributed by atoms with Crippen molar-refractivity contribution in [3.8, 4) is 0 Å². The molecule has 1 saturated carbocycles. The van der Waals surface area contributed by atoms with Gasteiger partial charge in [-0.25, -0.2) is 0 Å². The van der Waals surface area contributed by atoms with Gasteiger partial charge in [0, 0.05) is 43.2 Å². The molecule has 0 bridgehead atoms. The van der Waals surface area contributed by atoms with Crippen LogP contribution in [0.2, 0.25) is 0 Å². The third-order valence-electron chi connectivity index (χ3n) is 9.79. The van der Waals surface area contributed by atoms with E-state index in [9.17, 15) is 4.79 Å². The summed E-state index contributed by atoms with van der Waals surface area (Å²) in [6, 6.07) is 53.5. The van der Waals surface area contributed by atoms with Gasteiger partial charge in [0.15, 0.2) is 0 Å². The molecule has 1 aliphatic heterocycles. The fraction of sp³-hybridized carbons (Fsp3) is 0.220. The van der Waals surface area contributed by atoms with Gasteiger partial charge < -0.3 is 4.90 Å². The van der Waals surface area contributed by atoms with Gasteiger partial charge in [0.25, 0.3) is 0 Å². The summed E-state index contributed by atoms with van der Waals surface area (Å²) in [7, 11) is 0. The van der Waals surface area contributed by atoms with E-state index in [2.05, 4.69) is 157 Å². The maximum atomic E-state index is 13.8. The lowest BCUT2D eigenvalue weighted by Crippen LogP contribution is -2.47. The van der Waals surface area contributed by atoms with E-state index in [0.717, 1.165) is 18.8 Å². The van der Waals surface area contributed by atoms with Gasteiger partial charge in [0.2, 0.25) is 0 Å². The van der Waals surface area contributed by atoms with Crippen LogP contribution in [0.1, 0.15) is 46.7 Å². The normalized spacial score (nSPS) is 19.6. The molecule has 1 aliphatic carbocycles. The number of carbonyl (C=O) groups is 1. The second kappa shape index (κ2) is 12.5.